The molecule has 0 amide bonds. The van der Waals surface area contributed by atoms with Crippen molar-refractivity contribution < 1.29 is 0 Å². The average Bonchev–Trinajstić information content (AvgIpc) is 3.74. The summed E-state index contributed by atoms with van der Waals surface area (Å²) in [5.41, 5.74) is 8.64. The number of rotatable bonds is 14. The molecule has 0 aliphatic carbocycles. The maximum Gasteiger partial charge on any atom is 0.0481 e. The molecule has 5 aromatic rings. The Kier molecular flexibility index (Phi) is 10.8. The van der Waals surface area contributed by atoms with Crippen molar-refractivity contribution in [2.75, 3.05) is 0 Å². The molecule has 4 aromatic heterocycles. The Morgan fingerprint density at radius 3 is 1.68 bits per heavy atom. The minimum Gasteiger partial charge on any atom is -0.143 e. The number of hydrogen-bond donors (Lipinski definition) is 0. The minimum atomic E-state index is 1.17. The summed E-state index contributed by atoms with van der Waals surface area (Å²) in [4.78, 5) is 10.0. The molecular formula is C37H44S4. The van der Waals surface area contributed by atoms with E-state index in [4.69, 9.17) is 0 Å². The van der Waals surface area contributed by atoms with Gasteiger partial charge in [-0.1, -0.05) is 70.1 Å². The Hall–Kier alpha value is -1.98. The molecule has 41 heavy (non-hydrogen) atoms. The largest absolute Gasteiger partial charge is 0.143 e. The summed E-state index contributed by atoms with van der Waals surface area (Å²) in [7, 11) is 0. The first-order valence-corrected chi connectivity index (χ1v) is 18.8. The van der Waals surface area contributed by atoms with Gasteiger partial charge in [0.2, 0.25) is 0 Å². The van der Waals surface area contributed by atoms with Crippen molar-refractivity contribution in [2.45, 2.75) is 98.8 Å². The minimum absolute atomic E-state index is 1.17. The van der Waals surface area contributed by atoms with Gasteiger partial charge < -0.3 is 0 Å². The quantitative estimate of drug-likeness (QED) is 0.109. The molecule has 0 N–H and O–H groups in total. The lowest BCUT2D eigenvalue weighted by molar-refractivity contribution is 0.668. The van der Waals surface area contributed by atoms with Gasteiger partial charge >= 0.3 is 0 Å². The molecule has 216 valence electrons. The molecule has 0 spiro atoms. The molecule has 0 atom stereocenters. The Morgan fingerprint density at radius 2 is 1.07 bits per heavy atom. The maximum absolute atomic E-state index is 2.51. The lowest BCUT2D eigenvalue weighted by Crippen LogP contribution is -1.88. The van der Waals surface area contributed by atoms with E-state index < -0.39 is 0 Å². The van der Waals surface area contributed by atoms with E-state index in [1.54, 1.807) is 0 Å². The van der Waals surface area contributed by atoms with Crippen molar-refractivity contribution >= 4 is 45.3 Å². The van der Waals surface area contributed by atoms with E-state index in [1.807, 2.05) is 45.3 Å². The third kappa shape index (κ3) is 7.33. The van der Waals surface area contributed by atoms with Gasteiger partial charge in [-0.3, -0.25) is 0 Å². The Morgan fingerprint density at radius 1 is 0.512 bits per heavy atom. The molecule has 4 heteroatoms. The van der Waals surface area contributed by atoms with Crippen molar-refractivity contribution in [3.05, 3.63) is 81.7 Å². The van der Waals surface area contributed by atoms with E-state index in [-0.39, 0.29) is 0 Å². The number of hydrogen-bond acceptors (Lipinski definition) is 4. The summed E-state index contributed by atoms with van der Waals surface area (Å²) in [6.45, 7) is 11.3. The molecule has 0 aliphatic heterocycles. The molecule has 0 saturated heterocycles. The second-order valence-corrected chi connectivity index (χ2v) is 15.6. The second kappa shape index (κ2) is 14.5. The van der Waals surface area contributed by atoms with Gasteiger partial charge in [-0.05, 0) is 116 Å². The highest BCUT2D eigenvalue weighted by molar-refractivity contribution is 7.29. The van der Waals surface area contributed by atoms with Crippen molar-refractivity contribution in [1.29, 1.82) is 0 Å². The number of thiophene rings is 4. The molecule has 5 rings (SSSR count). The van der Waals surface area contributed by atoms with Crippen molar-refractivity contribution in [1.82, 2.24) is 0 Å². The predicted octanol–water partition coefficient (Wildman–Crippen LogP) is 13.8. The second-order valence-electron chi connectivity index (χ2n) is 11.5. The van der Waals surface area contributed by atoms with E-state index in [9.17, 15) is 0 Å². The highest BCUT2D eigenvalue weighted by atomic mass is 32.1. The van der Waals surface area contributed by atoms with E-state index in [0.29, 0.717) is 0 Å². The fraction of sp³-hybridized carbons (Fsp3) is 0.405. The van der Waals surface area contributed by atoms with Crippen LogP contribution in [0.15, 0.2) is 53.9 Å². The van der Waals surface area contributed by atoms with Crippen molar-refractivity contribution in [3.63, 3.8) is 0 Å². The zero-order valence-corrected chi connectivity index (χ0v) is 28.7. The molecule has 0 aliphatic rings. The van der Waals surface area contributed by atoms with Gasteiger partial charge in [0.25, 0.3) is 0 Å². The van der Waals surface area contributed by atoms with Gasteiger partial charge in [0.1, 0.15) is 0 Å². The predicted molar refractivity (Wildman–Crippen MR) is 190 cm³/mol. The van der Waals surface area contributed by atoms with Crippen LogP contribution in [0, 0.1) is 20.8 Å². The standard InChI is InChI=1S/C37H44S4/c1-6-8-10-12-14-28-20-21-38-36(28)32-18-16-30(39-32)31-17-19-33(40-31)37-29(15-13-11-9-7-2)24-34(41-37)35-26(4)22-25(3)23-27(35)5/h16-24H,6-15H2,1-5H3. The van der Waals surface area contributed by atoms with E-state index in [0.717, 1.165) is 0 Å². The fourth-order valence-corrected chi connectivity index (χ4v) is 10.7. The first kappa shape index (κ1) is 30.5. The SMILES string of the molecule is CCCCCCc1ccsc1-c1ccc(-c2ccc(-c3sc(-c4c(C)cc(C)cc4C)cc3CCCCCC)s2)s1. The van der Waals surface area contributed by atoms with Crippen LogP contribution in [0.5, 0.6) is 0 Å². The van der Waals surface area contributed by atoms with Crippen molar-refractivity contribution in [3.8, 4) is 39.7 Å². The smallest absolute Gasteiger partial charge is 0.0481 e. The van der Waals surface area contributed by atoms with Gasteiger partial charge in [0, 0.05) is 34.1 Å². The van der Waals surface area contributed by atoms with E-state index >= 15 is 0 Å². The first-order chi connectivity index (χ1) is 20.0. The summed E-state index contributed by atoms with van der Waals surface area (Å²) in [5, 5.41) is 2.28. The van der Waals surface area contributed by atoms with Crippen LogP contribution in [-0.2, 0) is 12.8 Å². The lowest BCUT2D eigenvalue weighted by Gasteiger charge is -2.09. The van der Waals surface area contributed by atoms with Gasteiger partial charge in [0.15, 0.2) is 0 Å². The lowest BCUT2D eigenvalue weighted by atomic mass is 9.97. The third-order valence-corrected chi connectivity index (χ3v) is 12.9. The fourth-order valence-electron chi connectivity index (χ4n) is 5.93. The Balaban J connectivity index is 1.41. The third-order valence-electron chi connectivity index (χ3n) is 7.98. The maximum atomic E-state index is 2.51. The molecular weight excluding hydrogens is 573 g/mol. The zero-order valence-electron chi connectivity index (χ0n) is 25.4. The molecule has 4 heterocycles. The Bertz CT molecular complexity index is 1530. The van der Waals surface area contributed by atoms with Crippen LogP contribution >= 0.6 is 45.3 Å². The summed E-state index contributed by atoms with van der Waals surface area (Å²) in [6, 6.07) is 19.0. The molecule has 0 unspecified atom stereocenters. The molecule has 0 fully saturated rings. The number of unbranched alkanes of at least 4 members (excludes halogenated alkanes) is 6. The molecule has 0 radical (unpaired) electrons. The molecule has 1 aromatic carbocycles. The highest BCUT2D eigenvalue weighted by Gasteiger charge is 2.18. The van der Waals surface area contributed by atoms with Gasteiger partial charge in [0.05, 0.1) is 0 Å². The summed E-state index contributed by atoms with van der Waals surface area (Å²) < 4.78 is 0. The normalized spacial score (nSPS) is 11.5. The average molecular weight is 617 g/mol. The van der Waals surface area contributed by atoms with E-state index in [1.165, 1.54) is 132 Å². The topological polar surface area (TPSA) is 0 Å². The van der Waals surface area contributed by atoms with E-state index in [2.05, 4.69) is 88.5 Å². The van der Waals surface area contributed by atoms with Crippen LogP contribution in [0.4, 0.5) is 0 Å². The number of benzene rings is 1. The monoisotopic (exact) mass is 616 g/mol. The van der Waals surface area contributed by atoms with Crippen LogP contribution < -0.4 is 0 Å². The van der Waals surface area contributed by atoms with Crippen LogP contribution in [0.1, 0.15) is 93.0 Å². The molecule has 0 saturated carbocycles. The number of aryl methyl sites for hydroxylation is 5. The molecule has 0 bridgehead atoms. The zero-order chi connectivity index (χ0) is 28.8. The highest BCUT2D eigenvalue weighted by Crippen LogP contribution is 2.47. The first-order valence-electron chi connectivity index (χ1n) is 15.5. The van der Waals surface area contributed by atoms with Crippen molar-refractivity contribution in [2.24, 2.45) is 0 Å². The summed E-state index contributed by atoms with van der Waals surface area (Å²) in [6.07, 6.45) is 12.9. The van der Waals surface area contributed by atoms with Crippen LogP contribution in [0.3, 0.4) is 0 Å². The van der Waals surface area contributed by atoms with Crippen LogP contribution in [0.2, 0.25) is 0 Å². The van der Waals surface area contributed by atoms with Gasteiger partial charge in [-0.25, -0.2) is 0 Å². The Labute approximate surface area is 264 Å². The van der Waals surface area contributed by atoms with Crippen LogP contribution in [0.25, 0.3) is 39.7 Å². The van der Waals surface area contributed by atoms with Gasteiger partial charge in [-0.15, -0.1) is 45.3 Å². The van der Waals surface area contributed by atoms with Crippen LogP contribution in [-0.4, -0.2) is 0 Å². The summed E-state index contributed by atoms with van der Waals surface area (Å²) in [5.74, 6) is 0. The summed E-state index contributed by atoms with van der Waals surface area (Å²) >= 11 is 7.85. The molecule has 0 nitrogen and oxygen atoms in total. The van der Waals surface area contributed by atoms with Gasteiger partial charge in [-0.2, -0.15) is 0 Å².